The van der Waals surface area contributed by atoms with Crippen LogP contribution in [0.1, 0.15) is 19.7 Å². The highest BCUT2D eigenvalue weighted by Gasteiger charge is 2.29. The molecule has 1 saturated heterocycles. The molecule has 0 atom stereocenters. The van der Waals surface area contributed by atoms with Gasteiger partial charge < -0.3 is 9.72 Å². The van der Waals surface area contributed by atoms with Crippen LogP contribution in [0, 0.1) is 0 Å². The summed E-state index contributed by atoms with van der Waals surface area (Å²) in [5.74, 6) is 1.15. The monoisotopic (exact) mass is 258 g/mol. The molecule has 2 aromatic heterocycles. The summed E-state index contributed by atoms with van der Waals surface area (Å²) in [5, 5.41) is 3.41. The Morgan fingerprint density at radius 3 is 2.84 bits per heavy atom. The standard InChI is InChI=1S/C15H22N4/c1-15(2,18-9-6-16-7-10-18)11-14-17-12-13-5-3-4-8-19(13)14/h3-5,8,12,16H,6-7,9-11H2,1-2H3. The van der Waals surface area contributed by atoms with Crippen LogP contribution in [0.2, 0.25) is 0 Å². The van der Waals surface area contributed by atoms with Gasteiger partial charge in [-0.25, -0.2) is 4.98 Å². The molecule has 3 rings (SSSR count). The van der Waals surface area contributed by atoms with E-state index in [2.05, 4.69) is 57.8 Å². The second-order valence-corrected chi connectivity index (χ2v) is 5.90. The number of hydrogen-bond donors (Lipinski definition) is 1. The van der Waals surface area contributed by atoms with Crippen molar-refractivity contribution in [1.29, 1.82) is 0 Å². The molecule has 0 saturated carbocycles. The maximum atomic E-state index is 4.60. The molecule has 0 amide bonds. The largest absolute Gasteiger partial charge is 0.314 e. The maximum absolute atomic E-state index is 4.60. The summed E-state index contributed by atoms with van der Waals surface area (Å²) in [4.78, 5) is 7.16. The number of nitrogens with one attached hydrogen (secondary N) is 1. The average molecular weight is 258 g/mol. The molecule has 0 spiro atoms. The van der Waals surface area contributed by atoms with Gasteiger partial charge in [0.05, 0.1) is 11.7 Å². The van der Waals surface area contributed by atoms with Crippen LogP contribution >= 0.6 is 0 Å². The molecule has 1 aliphatic rings. The van der Waals surface area contributed by atoms with E-state index in [9.17, 15) is 0 Å². The van der Waals surface area contributed by atoms with E-state index >= 15 is 0 Å². The Balaban J connectivity index is 1.83. The SMILES string of the molecule is CC(C)(Cc1ncc2ccccn12)N1CCNCC1. The summed E-state index contributed by atoms with van der Waals surface area (Å²) < 4.78 is 2.20. The molecule has 3 heterocycles. The molecule has 0 bridgehead atoms. The molecule has 102 valence electrons. The van der Waals surface area contributed by atoms with Crippen molar-refractivity contribution >= 4 is 5.52 Å². The van der Waals surface area contributed by atoms with Crippen molar-refractivity contribution in [1.82, 2.24) is 19.6 Å². The summed E-state index contributed by atoms with van der Waals surface area (Å²) >= 11 is 0. The van der Waals surface area contributed by atoms with Crippen LogP contribution in [-0.4, -0.2) is 46.0 Å². The van der Waals surface area contributed by atoms with Gasteiger partial charge in [-0.1, -0.05) is 6.07 Å². The third-order valence-corrected chi connectivity index (χ3v) is 4.08. The summed E-state index contributed by atoms with van der Waals surface area (Å²) in [5.41, 5.74) is 1.33. The van der Waals surface area contributed by atoms with Crippen LogP contribution in [0.15, 0.2) is 30.6 Å². The number of nitrogens with zero attached hydrogens (tertiary/aromatic N) is 3. The average Bonchev–Trinajstić information content (AvgIpc) is 2.83. The highest BCUT2D eigenvalue weighted by Crippen LogP contribution is 2.21. The Bertz CT molecular complexity index is 552. The molecular formula is C15H22N4. The van der Waals surface area contributed by atoms with Crippen LogP contribution in [-0.2, 0) is 6.42 Å². The van der Waals surface area contributed by atoms with E-state index in [1.54, 1.807) is 0 Å². The minimum atomic E-state index is 0.152. The molecule has 19 heavy (non-hydrogen) atoms. The first-order valence-corrected chi connectivity index (χ1v) is 7.03. The number of imidazole rings is 1. The predicted octanol–water partition coefficient (Wildman–Crippen LogP) is 1.56. The number of fused-ring (bicyclic) bond motifs is 1. The zero-order chi connectivity index (χ0) is 13.3. The Kier molecular flexibility index (Phi) is 3.29. The lowest BCUT2D eigenvalue weighted by molar-refractivity contribution is 0.102. The summed E-state index contributed by atoms with van der Waals surface area (Å²) in [6.07, 6.45) is 5.04. The smallest absolute Gasteiger partial charge is 0.115 e. The molecule has 0 radical (unpaired) electrons. The first kappa shape index (κ1) is 12.6. The van der Waals surface area contributed by atoms with Crippen LogP contribution < -0.4 is 5.32 Å². The second-order valence-electron chi connectivity index (χ2n) is 5.90. The van der Waals surface area contributed by atoms with E-state index in [1.165, 1.54) is 5.52 Å². The third-order valence-electron chi connectivity index (χ3n) is 4.08. The van der Waals surface area contributed by atoms with Crippen LogP contribution in [0.5, 0.6) is 0 Å². The molecule has 4 heteroatoms. The molecule has 1 N–H and O–H groups in total. The van der Waals surface area contributed by atoms with Crippen LogP contribution in [0.4, 0.5) is 0 Å². The zero-order valence-electron chi connectivity index (χ0n) is 11.8. The number of aromatic nitrogens is 2. The molecule has 1 fully saturated rings. The van der Waals surface area contributed by atoms with Gasteiger partial charge in [-0.3, -0.25) is 4.90 Å². The van der Waals surface area contributed by atoms with Gasteiger partial charge in [-0.2, -0.15) is 0 Å². The topological polar surface area (TPSA) is 32.6 Å². The van der Waals surface area contributed by atoms with E-state index in [-0.39, 0.29) is 5.54 Å². The van der Waals surface area contributed by atoms with Crippen molar-refractivity contribution in [3.8, 4) is 0 Å². The van der Waals surface area contributed by atoms with Crippen molar-refractivity contribution in [2.75, 3.05) is 26.2 Å². The van der Waals surface area contributed by atoms with Gasteiger partial charge in [-0.15, -0.1) is 0 Å². The van der Waals surface area contributed by atoms with E-state index in [1.807, 2.05) is 6.20 Å². The zero-order valence-corrected chi connectivity index (χ0v) is 11.8. The number of hydrogen-bond acceptors (Lipinski definition) is 3. The summed E-state index contributed by atoms with van der Waals surface area (Å²) in [6.45, 7) is 9.06. The Morgan fingerprint density at radius 1 is 1.26 bits per heavy atom. The first-order valence-electron chi connectivity index (χ1n) is 7.03. The third kappa shape index (κ3) is 2.51. The summed E-state index contributed by atoms with van der Waals surface area (Å²) in [7, 11) is 0. The molecule has 4 nitrogen and oxygen atoms in total. The molecule has 0 aromatic carbocycles. The van der Waals surface area contributed by atoms with Gasteiger partial charge in [0.15, 0.2) is 0 Å². The fourth-order valence-electron chi connectivity index (χ4n) is 2.90. The molecule has 0 aliphatic carbocycles. The van der Waals surface area contributed by atoms with Gasteiger partial charge in [0.1, 0.15) is 5.82 Å². The quantitative estimate of drug-likeness (QED) is 0.907. The number of rotatable bonds is 3. The van der Waals surface area contributed by atoms with Gasteiger partial charge in [0.25, 0.3) is 0 Å². The highest BCUT2D eigenvalue weighted by molar-refractivity contribution is 5.45. The minimum absolute atomic E-state index is 0.152. The van der Waals surface area contributed by atoms with Crippen LogP contribution in [0.25, 0.3) is 5.52 Å². The van der Waals surface area contributed by atoms with Gasteiger partial charge in [0.2, 0.25) is 0 Å². The van der Waals surface area contributed by atoms with Gasteiger partial charge >= 0.3 is 0 Å². The van der Waals surface area contributed by atoms with E-state index in [0.717, 1.165) is 38.4 Å². The van der Waals surface area contributed by atoms with Crippen molar-refractivity contribution in [3.63, 3.8) is 0 Å². The molecule has 0 unspecified atom stereocenters. The van der Waals surface area contributed by atoms with E-state index in [4.69, 9.17) is 0 Å². The number of pyridine rings is 1. The Morgan fingerprint density at radius 2 is 2.05 bits per heavy atom. The fraction of sp³-hybridized carbons (Fsp3) is 0.533. The first-order chi connectivity index (χ1) is 9.17. The summed E-state index contributed by atoms with van der Waals surface area (Å²) in [6, 6.07) is 6.23. The number of piperazine rings is 1. The van der Waals surface area contributed by atoms with Gasteiger partial charge in [0, 0.05) is 44.3 Å². The molecule has 2 aromatic rings. The van der Waals surface area contributed by atoms with Gasteiger partial charge in [-0.05, 0) is 26.0 Å². The molecular weight excluding hydrogens is 236 g/mol. The van der Waals surface area contributed by atoms with Crippen molar-refractivity contribution in [2.24, 2.45) is 0 Å². The highest BCUT2D eigenvalue weighted by atomic mass is 15.2. The lowest BCUT2D eigenvalue weighted by Gasteiger charge is -2.41. The predicted molar refractivity (Wildman–Crippen MR) is 77.4 cm³/mol. The van der Waals surface area contributed by atoms with Crippen molar-refractivity contribution in [2.45, 2.75) is 25.8 Å². The maximum Gasteiger partial charge on any atom is 0.115 e. The fourth-order valence-corrected chi connectivity index (χ4v) is 2.90. The van der Waals surface area contributed by atoms with E-state index in [0.29, 0.717) is 0 Å². The lowest BCUT2D eigenvalue weighted by Crippen LogP contribution is -2.54. The van der Waals surface area contributed by atoms with Crippen molar-refractivity contribution < 1.29 is 0 Å². The lowest BCUT2D eigenvalue weighted by atomic mass is 9.96. The Hall–Kier alpha value is -1.39. The van der Waals surface area contributed by atoms with Crippen LogP contribution in [0.3, 0.4) is 0 Å². The minimum Gasteiger partial charge on any atom is -0.314 e. The van der Waals surface area contributed by atoms with E-state index < -0.39 is 0 Å². The second kappa shape index (κ2) is 4.94. The molecule has 1 aliphatic heterocycles. The normalized spacial score (nSPS) is 18.0. The Labute approximate surface area is 114 Å². The van der Waals surface area contributed by atoms with Crippen molar-refractivity contribution in [3.05, 3.63) is 36.4 Å².